The number of hydrogen-bond acceptors (Lipinski definition) is 3. The largest absolute Gasteiger partial charge is 0.302 e. The van der Waals surface area contributed by atoms with E-state index in [2.05, 4.69) is 15.9 Å². The predicted octanol–water partition coefficient (Wildman–Crippen LogP) is 3.10. The highest BCUT2D eigenvalue weighted by Crippen LogP contribution is 2.32. The normalized spacial score (nSPS) is 17.5. The highest BCUT2D eigenvalue weighted by atomic mass is 79.9. The quantitative estimate of drug-likeness (QED) is 0.793. The maximum atomic E-state index is 13.9. The average Bonchev–Trinajstić information content (AvgIpc) is 2.82. The summed E-state index contributed by atoms with van der Waals surface area (Å²) < 4.78 is 28.4. The molecule has 1 fully saturated rings. The van der Waals surface area contributed by atoms with Crippen molar-refractivity contribution < 1.29 is 23.6 Å². The minimum atomic E-state index is -1.17. The number of hydroxylamine groups is 2. The molecule has 5 nitrogen and oxygen atoms in total. The van der Waals surface area contributed by atoms with Gasteiger partial charge in [-0.25, -0.2) is 8.78 Å². The van der Waals surface area contributed by atoms with E-state index in [4.69, 9.17) is 0 Å². The first kappa shape index (κ1) is 16.5. The van der Waals surface area contributed by atoms with Crippen molar-refractivity contribution in [3.8, 4) is 0 Å². The Labute approximate surface area is 144 Å². The Morgan fingerprint density at radius 2 is 1.79 bits per heavy atom. The molecule has 0 spiro atoms. The topological polar surface area (TPSA) is 60.9 Å². The third-order valence-corrected chi connectivity index (χ3v) is 4.17. The second kappa shape index (κ2) is 6.29. The molecule has 0 bridgehead atoms. The van der Waals surface area contributed by atoms with Crippen molar-refractivity contribution >= 4 is 27.7 Å². The molecule has 1 unspecified atom stereocenters. The highest BCUT2D eigenvalue weighted by molar-refractivity contribution is 9.10. The van der Waals surface area contributed by atoms with E-state index in [1.807, 2.05) is 0 Å². The molecular weight excluding hydrogens is 386 g/mol. The van der Waals surface area contributed by atoms with Gasteiger partial charge < -0.3 is 4.90 Å². The molecule has 124 valence electrons. The molecule has 2 aromatic carbocycles. The van der Waals surface area contributed by atoms with Crippen LogP contribution in [0.1, 0.15) is 22.1 Å². The number of halogens is 3. The molecule has 1 N–H and O–H groups in total. The summed E-state index contributed by atoms with van der Waals surface area (Å²) in [5, 5.41) is 10.4. The Bertz CT molecular complexity index is 810. The van der Waals surface area contributed by atoms with E-state index in [1.165, 1.54) is 0 Å². The average molecular weight is 397 g/mol. The standard InChI is InChI=1S/C16H11BrF2N2O3/c17-10-4-1-3-9(7-10)15-20(8-13(22)21(15)24)16(23)14-11(18)5-2-6-12(14)19/h1-7,15,24H,8H2. The van der Waals surface area contributed by atoms with Crippen molar-refractivity contribution in [1.82, 2.24) is 9.96 Å². The lowest BCUT2D eigenvalue weighted by molar-refractivity contribution is -0.168. The highest BCUT2D eigenvalue weighted by Gasteiger charge is 2.42. The van der Waals surface area contributed by atoms with E-state index < -0.39 is 41.7 Å². The maximum Gasteiger partial charge on any atom is 0.267 e. The Morgan fingerprint density at radius 1 is 1.17 bits per heavy atom. The van der Waals surface area contributed by atoms with Crippen molar-refractivity contribution in [2.24, 2.45) is 0 Å². The molecule has 8 heteroatoms. The lowest BCUT2D eigenvalue weighted by atomic mass is 10.1. The van der Waals surface area contributed by atoms with Crippen LogP contribution in [0.3, 0.4) is 0 Å². The van der Waals surface area contributed by atoms with Gasteiger partial charge >= 0.3 is 0 Å². The molecule has 1 aliphatic heterocycles. The second-order valence-electron chi connectivity index (χ2n) is 5.20. The predicted molar refractivity (Wildman–Crippen MR) is 82.9 cm³/mol. The van der Waals surface area contributed by atoms with Gasteiger partial charge in [-0.1, -0.05) is 34.1 Å². The first-order chi connectivity index (χ1) is 11.4. The van der Waals surface area contributed by atoms with Crippen molar-refractivity contribution in [3.63, 3.8) is 0 Å². The molecule has 0 saturated carbocycles. The third-order valence-electron chi connectivity index (χ3n) is 3.67. The van der Waals surface area contributed by atoms with Crippen LogP contribution < -0.4 is 0 Å². The summed E-state index contributed by atoms with van der Waals surface area (Å²) in [6.45, 7) is -0.486. The Kier molecular flexibility index (Phi) is 4.33. The maximum absolute atomic E-state index is 13.9. The zero-order valence-corrected chi connectivity index (χ0v) is 13.7. The molecule has 1 atom stereocenters. The van der Waals surface area contributed by atoms with Crippen LogP contribution in [0.4, 0.5) is 8.78 Å². The van der Waals surface area contributed by atoms with E-state index in [0.29, 0.717) is 15.1 Å². The van der Waals surface area contributed by atoms with Gasteiger partial charge in [-0.05, 0) is 29.8 Å². The molecule has 1 saturated heterocycles. The van der Waals surface area contributed by atoms with E-state index in [-0.39, 0.29) is 0 Å². The number of nitrogens with zero attached hydrogens (tertiary/aromatic N) is 2. The number of hydrogen-bond donors (Lipinski definition) is 1. The van der Waals surface area contributed by atoms with Gasteiger partial charge in [-0.3, -0.25) is 14.8 Å². The Balaban J connectivity index is 2.05. The molecule has 0 aromatic heterocycles. The van der Waals surface area contributed by atoms with Gasteiger partial charge in [0.05, 0.1) is 0 Å². The zero-order valence-electron chi connectivity index (χ0n) is 12.1. The van der Waals surface area contributed by atoms with Crippen LogP contribution in [-0.2, 0) is 4.79 Å². The van der Waals surface area contributed by atoms with Crippen LogP contribution in [-0.4, -0.2) is 33.5 Å². The van der Waals surface area contributed by atoms with Crippen LogP contribution in [0.25, 0.3) is 0 Å². The fourth-order valence-electron chi connectivity index (χ4n) is 2.59. The SMILES string of the molecule is O=C1CN(C(=O)c2c(F)cccc2F)C(c2cccc(Br)c2)N1O. The first-order valence-electron chi connectivity index (χ1n) is 6.91. The summed E-state index contributed by atoms with van der Waals surface area (Å²) in [5.74, 6) is -3.82. The molecule has 0 radical (unpaired) electrons. The Morgan fingerprint density at radius 3 is 2.42 bits per heavy atom. The van der Waals surface area contributed by atoms with Crippen LogP contribution in [0.15, 0.2) is 46.9 Å². The monoisotopic (exact) mass is 396 g/mol. The molecule has 1 aliphatic rings. The smallest absolute Gasteiger partial charge is 0.267 e. The zero-order chi connectivity index (χ0) is 17.4. The van der Waals surface area contributed by atoms with Gasteiger partial charge in [0.25, 0.3) is 11.8 Å². The van der Waals surface area contributed by atoms with Crippen LogP contribution >= 0.6 is 15.9 Å². The fraction of sp³-hybridized carbons (Fsp3) is 0.125. The second-order valence-corrected chi connectivity index (χ2v) is 6.11. The molecule has 1 heterocycles. The van der Waals surface area contributed by atoms with Crippen LogP contribution in [0.2, 0.25) is 0 Å². The number of carbonyl (C=O) groups is 2. The third kappa shape index (κ3) is 2.78. The van der Waals surface area contributed by atoms with Crippen LogP contribution in [0, 0.1) is 11.6 Å². The summed E-state index contributed by atoms with van der Waals surface area (Å²) in [6.07, 6.45) is -1.17. The summed E-state index contributed by atoms with van der Waals surface area (Å²) in [5.41, 5.74) is -0.344. The van der Waals surface area contributed by atoms with Crippen molar-refractivity contribution in [2.75, 3.05) is 6.54 Å². The Hall–Kier alpha value is -2.32. The molecular formula is C16H11BrF2N2O3. The van der Waals surface area contributed by atoms with Gasteiger partial charge in [-0.2, -0.15) is 5.06 Å². The van der Waals surface area contributed by atoms with Gasteiger partial charge in [0.1, 0.15) is 23.7 Å². The lowest BCUT2D eigenvalue weighted by Gasteiger charge is -2.26. The number of amides is 2. The van der Waals surface area contributed by atoms with Crippen molar-refractivity contribution in [3.05, 3.63) is 69.7 Å². The lowest BCUT2D eigenvalue weighted by Crippen LogP contribution is -2.35. The van der Waals surface area contributed by atoms with E-state index in [0.717, 1.165) is 23.1 Å². The van der Waals surface area contributed by atoms with Crippen molar-refractivity contribution in [1.29, 1.82) is 0 Å². The van der Waals surface area contributed by atoms with Gasteiger partial charge in [-0.15, -0.1) is 0 Å². The summed E-state index contributed by atoms with van der Waals surface area (Å²) in [6, 6.07) is 9.63. The minimum absolute atomic E-state index is 0.387. The van der Waals surface area contributed by atoms with Crippen molar-refractivity contribution in [2.45, 2.75) is 6.17 Å². The number of carbonyl (C=O) groups excluding carboxylic acids is 2. The summed E-state index contributed by atoms with van der Waals surface area (Å²) in [4.78, 5) is 25.4. The molecule has 2 amide bonds. The molecule has 2 aromatic rings. The summed E-state index contributed by atoms with van der Waals surface area (Å²) in [7, 11) is 0. The fourth-order valence-corrected chi connectivity index (χ4v) is 3.01. The van der Waals surface area contributed by atoms with E-state index >= 15 is 0 Å². The van der Waals surface area contributed by atoms with Gasteiger partial charge in [0.15, 0.2) is 6.17 Å². The van der Waals surface area contributed by atoms with Crippen LogP contribution in [0.5, 0.6) is 0 Å². The van der Waals surface area contributed by atoms with Gasteiger partial charge in [0, 0.05) is 4.47 Å². The van der Waals surface area contributed by atoms with E-state index in [9.17, 15) is 23.6 Å². The first-order valence-corrected chi connectivity index (χ1v) is 7.71. The minimum Gasteiger partial charge on any atom is -0.302 e. The number of rotatable bonds is 2. The molecule has 3 rings (SSSR count). The molecule has 0 aliphatic carbocycles. The number of benzene rings is 2. The van der Waals surface area contributed by atoms with E-state index in [1.54, 1.807) is 24.3 Å². The summed E-state index contributed by atoms with van der Waals surface area (Å²) >= 11 is 3.26. The van der Waals surface area contributed by atoms with Gasteiger partial charge in [0.2, 0.25) is 0 Å². The molecule has 24 heavy (non-hydrogen) atoms.